The Balaban J connectivity index is 1.78. The minimum Gasteiger partial charge on any atom is -0.497 e. The normalized spacial score (nSPS) is 12.3. The Morgan fingerprint density at radius 1 is 1.06 bits per heavy atom. The van der Waals surface area contributed by atoms with Gasteiger partial charge in [-0.05, 0) is 23.3 Å². The molecule has 0 aliphatic heterocycles. The third-order valence-electron chi connectivity index (χ3n) is 5.16. The summed E-state index contributed by atoms with van der Waals surface area (Å²) in [6.45, 7) is 6.98. The molecule has 162 valence electrons. The van der Waals surface area contributed by atoms with Crippen molar-refractivity contribution >= 4 is 25.0 Å². The van der Waals surface area contributed by atoms with E-state index >= 15 is 0 Å². The molecule has 1 N–H and O–H groups in total. The number of nitrogens with one attached hydrogen (secondary N) is 1. The van der Waals surface area contributed by atoms with Crippen LogP contribution in [0.25, 0.3) is 0 Å². The van der Waals surface area contributed by atoms with Gasteiger partial charge in [0.05, 0.1) is 21.5 Å². The van der Waals surface area contributed by atoms with Crippen LogP contribution in [-0.4, -0.2) is 36.4 Å². The second kappa shape index (κ2) is 9.74. The van der Waals surface area contributed by atoms with Crippen LogP contribution in [0.2, 0.25) is 19.6 Å². The maximum atomic E-state index is 13.2. The highest BCUT2D eigenvalue weighted by Crippen LogP contribution is 2.20. The molecule has 6 nitrogen and oxygen atoms in total. The second-order valence-electron chi connectivity index (χ2n) is 8.60. The maximum Gasteiger partial charge on any atom is 0.240 e. The molecule has 1 heterocycles. The Bertz CT molecular complexity index is 1010. The number of imidazole rings is 1. The summed E-state index contributed by atoms with van der Waals surface area (Å²) < 4.78 is 6.88. The molecule has 0 aliphatic carbocycles. The van der Waals surface area contributed by atoms with Gasteiger partial charge < -0.3 is 14.6 Å². The average molecular weight is 436 g/mol. The van der Waals surface area contributed by atoms with Crippen molar-refractivity contribution in [2.24, 2.45) is 0 Å². The lowest BCUT2D eigenvalue weighted by molar-refractivity contribution is -0.128. The molecular weight excluding hydrogens is 406 g/mol. The number of ether oxygens (including phenoxy) is 1. The lowest BCUT2D eigenvalue weighted by atomic mass is 9.97. The molecule has 0 radical (unpaired) electrons. The molecule has 7 heteroatoms. The smallest absolute Gasteiger partial charge is 0.240 e. The van der Waals surface area contributed by atoms with Crippen molar-refractivity contribution in [2.45, 2.75) is 38.6 Å². The number of rotatable bonds is 9. The van der Waals surface area contributed by atoms with Gasteiger partial charge in [0.1, 0.15) is 18.3 Å². The number of nitrogens with zero attached hydrogens (tertiary/aromatic N) is 2. The van der Waals surface area contributed by atoms with Crippen LogP contribution >= 0.6 is 0 Å². The number of carbonyl (C=O) groups excluding carboxylic acids is 2. The molecule has 0 saturated heterocycles. The summed E-state index contributed by atoms with van der Waals surface area (Å²) in [5.74, 6) is 0.382. The number of methoxy groups -OCH3 is 1. The summed E-state index contributed by atoms with van der Waals surface area (Å²) in [7, 11) is 0.198. The Morgan fingerprint density at radius 2 is 1.74 bits per heavy atom. The summed E-state index contributed by atoms with van der Waals surface area (Å²) in [6, 6.07) is 14.7. The van der Waals surface area contributed by atoms with Crippen LogP contribution in [0.4, 0.5) is 0 Å². The first-order chi connectivity index (χ1) is 14.8. The summed E-state index contributed by atoms with van der Waals surface area (Å²) in [5, 5.41) is 4.24. The van der Waals surface area contributed by atoms with Crippen LogP contribution in [0.3, 0.4) is 0 Å². The molecule has 0 bridgehead atoms. The van der Waals surface area contributed by atoms with E-state index in [9.17, 15) is 9.59 Å². The predicted octanol–water partition coefficient (Wildman–Crippen LogP) is 3.11. The monoisotopic (exact) mass is 435 g/mol. The fourth-order valence-corrected chi connectivity index (χ4v) is 4.49. The van der Waals surface area contributed by atoms with Gasteiger partial charge in [0.25, 0.3) is 0 Å². The van der Waals surface area contributed by atoms with E-state index in [1.165, 1.54) is 5.19 Å². The highest BCUT2D eigenvalue weighted by molar-refractivity contribution is 6.88. The van der Waals surface area contributed by atoms with Crippen LogP contribution in [0.5, 0.6) is 5.75 Å². The molecule has 0 aliphatic rings. The van der Waals surface area contributed by atoms with Crippen molar-refractivity contribution in [1.29, 1.82) is 0 Å². The van der Waals surface area contributed by atoms with Crippen molar-refractivity contribution in [3.05, 3.63) is 78.4 Å². The number of Topliss-reactive ketones (excluding diaryl/α,β-unsaturated/α-hetero) is 1. The van der Waals surface area contributed by atoms with E-state index in [0.29, 0.717) is 5.75 Å². The van der Waals surface area contributed by atoms with Gasteiger partial charge in [-0.25, -0.2) is 4.98 Å². The quantitative estimate of drug-likeness (QED) is 0.524. The van der Waals surface area contributed by atoms with Crippen LogP contribution < -0.4 is 15.2 Å². The Kier molecular flexibility index (Phi) is 7.07. The third-order valence-corrected chi connectivity index (χ3v) is 7.23. The number of hydrogen-bond donors (Lipinski definition) is 1. The zero-order chi connectivity index (χ0) is 22.4. The largest absolute Gasteiger partial charge is 0.497 e. The summed E-state index contributed by atoms with van der Waals surface area (Å²) in [4.78, 5) is 29.8. The second-order valence-corrected chi connectivity index (χ2v) is 13.7. The third kappa shape index (κ3) is 6.15. The fraction of sp³-hybridized carbons (Fsp3) is 0.292. The van der Waals surface area contributed by atoms with Crippen molar-refractivity contribution in [3.63, 3.8) is 0 Å². The summed E-state index contributed by atoms with van der Waals surface area (Å²) in [5.41, 5.74) is 1.66. The van der Waals surface area contributed by atoms with E-state index in [1.807, 2.05) is 24.3 Å². The average Bonchev–Trinajstić information content (AvgIpc) is 3.25. The highest BCUT2D eigenvalue weighted by Gasteiger charge is 2.23. The van der Waals surface area contributed by atoms with Gasteiger partial charge in [0.2, 0.25) is 5.91 Å². The molecule has 0 spiro atoms. The van der Waals surface area contributed by atoms with Gasteiger partial charge in [0, 0.05) is 18.8 Å². The first-order valence-electron chi connectivity index (χ1n) is 10.3. The van der Waals surface area contributed by atoms with Gasteiger partial charge >= 0.3 is 0 Å². The number of ketones is 1. The topological polar surface area (TPSA) is 73.2 Å². The Morgan fingerprint density at radius 3 is 2.29 bits per heavy atom. The Hall–Kier alpha value is -3.19. The molecule has 2 aromatic carbocycles. The maximum absolute atomic E-state index is 13.2. The molecule has 0 saturated carbocycles. The van der Waals surface area contributed by atoms with Gasteiger partial charge in [-0.3, -0.25) is 9.59 Å². The molecule has 1 amide bonds. The van der Waals surface area contributed by atoms with E-state index in [4.69, 9.17) is 4.74 Å². The number of hydrogen-bond acceptors (Lipinski definition) is 4. The van der Waals surface area contributed by atoms with Gasteiger partial charge in [-0.1, -0.05) is 61.2 Å². The predicted molar refractivity (Wildman–Crippen MR) is 124 cm³/mol. The van der Waals surface area contributed by atoms with E-state index in [-0.39, 0.29) is 24.7 Å². The van der Waals surface area contributed by atoms with Crippen molar-refractivity contribution in [3.8, 4) is 5.75 Å². The molecular formula is C24H29N3O3Si. The van der Waals surface area contributed by atoms with Crippen molar-refractivity contribution in [1.82, 2.24) is 14.9 Å². The highest BCUT2D eigenvalue weighted by atomic mass is 28.3. The number of aromatic nitrogens is 2. The number of carbonyl (C=O) groups is 2. The fourth-order valence-electron chi connectivity index (χ4n) is 3.32. The number of benzene rings is 2. The van der Waals surface area contributed by atoms with E-state index in [0.717, 1.165) is 11.1 Å². The minimum absolute atomic E-state index is 0.0649. The minimum atomic E-state index is -1.39. The zero-order valence-corrected chi connectivity index (χ0v) is 19.5. The van der Waals surface area contributed by atoms with Crippen molar-refractivity contribution in [2.75, 3.05) is 7.11 Å². The molecule has 3 rings (SSSR count). The molecule has 1 atom stereocenters. The van der Waals surface area contributed by atoms with E-state index < -0.39 is 14.1 Å². The molecule has 3 aromatic rings. The van der Waals surface area contributed by atoms with Gasteiger partial charge in [-0.2, -0.15) is 0 Å². The van der Waals surface area contributed by atoms with Gasteiger partial charge in [-0.15, -0.1) is 0 Å². The first-order valence-corrected chi connectivity index (χ1v) is 13.8. The van der Waals surface area contributed by atoms with E-state index in [2.05, 4.69) is 42.1 Å². The summed E-state index contributed by atoms with van der Waals surface area (Å²) in [6.07, 6.45) is 5.14. The number of amides is 1. The van der Waals surface area contributed by atoms with Crippen LogP contribution in [0.1, 0.15) is 17.2 Å². The zero-order valence-electron chi connectivity index (χ0n) is 18.5. The molecule has 1 aromatic heterocycles. The first kappa shape index (κ1) is 22.5. The lowest BCUT2D eigenvalue weighted by Gasteiger charge is -2.20. The van der Waals surface area contributed by atoms with Crippen LogP contribution in [0.15, 0.2) is 67.3 Å². The standard InChI is InChI=1S/C24H29N3O3Si/c1-30-20-9-7-19(8-10-20)24(26-23(29)16-27-14-13-25-17-27)22(28)15-18-5-11-21(12-6-18)31(2,3)4/h5-14,17,24H,15-16H2,1-4H3,(H,26,29). The molecule has 1 unspecified atom stereocenters. The molecule has 31 heavy (non-hydrogen) atoms. The van der Waals surface area contributed by atoms with Gasteiger partial charge in [0.15, 0.2) is 5.78 Å². The SMILES string of the molecule is COc1ccc(C(NC(=O)Cn2ccnc2)C(=O)Cc2ccc([Si](C)(C)C)cc2)cc1. The van der Waals surface area contributed by atoms with E-state index in [1.54, 1.807) is 42.5 Å². The van der Waals surface area contributed by atoms with Crippen molar-refractivity contribution < 1.29 is 14.3 Å². The Labute approximate surface area is 184 Å². The molecule has 0 fully saturated rings. The van der Waals surface area contributed by atoms with Crippen LogP contribution in [-0.2, 0) is 22.6 Å². The van der Waals surface area contributed by atoms with Crippen LogP contribution in [0, 0.1) is 0 Å². The summed E-state index contributed by atoms with van der Waals surface area (Å²) >= 11 is 0. The lowest BCUT2D eigenvalue weighted by Crippen LogP contribution is -2.37.